The normalized spacial score (nSPS) is 11.3. The lowest BCUT2D eigenvalue weighted by Crippen LogP contribution is -2.09. The molecule has 0 spiro atoms. The highest BCUT2D eigenvalue weighted by Crippen LogP contribution is 2.34. The van der Waals surface area contributed by atoms with Crippen LogP contribution in [0.2, 0.25) is 10.0 Å². The Morgan fingerprint density at radius 1 is 0.953 bits per heavy atom. The molecule has 0 saturated heterocycles. The molecule has 43 heavy (non-hydrogen) atoms. The van der Waals surface area contributed by atoms with Gasteiger partial charge in [0.05, 0.1) is 41.3 Å². The summed E-state index contributed by atoms with van der Waals surface area (Å²) in [7, 11) is 0. The van der Waals surface area contributed by atoms with E-state index in [1.54, 1.807) is 12.1 Å². The molecular formula is C30H37Cl2FN2O8. The largest absolute Gasteiger partial charge is 0.490 e. The van der Waals surface area contributed by atoms with E-state index in [0.29, 0.717) is 61.5 Å². The fourth-order valence-electron chi connectivity index (χ4n) is 4.21. The van der Waals surface area contributed by atoms with Crippen LogP contribution in [0, 0.1) is 12.7 Å². The highest BCUT2D eigenvalue weighted by molar-refractivity contribution is 6.37. The van der Waals surface area contributed by atoms with Crippen molar-refractivity contribution in [1.82, 2.24) is 10.2 Å². The zero-order valence-corrected chi connectivity index (χ0v) is 25.4. The number of carbonyl (C=O) groups is 1. The van der Waals surface area contributed by atoms with Crippen LogP contribution in [-0.2, 0) is 33.7 Å². The van der Waals surface area contributed by atoms with Crippen LogP contribution in [0.5, 0.6) is 11.5 Å². The number of benzene rings is 2. The van der Waals surface area contributed by atoms with Gasteiger partial charge in [-0.25, -0.2) is 4.39 Å². The molecule has 0 aliphatic carbocycles. The van der Waals surface area contributed by atoms with Gasteiger partial charge in [0.1, 0.15) is 6.61 Å². The van der Waals surface area contributed by atoms with Gasteiger partial charge in [0, 0.05) is 25.2 Å². The SMILES string of the molecule is Cc1n[nH]c(COCCCCOCCOc2c(Cl)cc(CCC(=O)O)cc2Cl)c1CCCOc1cc(C(O)O)ccc1F. The highest BCUT2D eigenvalue weighted by atomic mass is 35.5. The van der Waals surface area contributed by atoms with Gasteiger partial charge in [0.2, 0.25) is 0 Å². The van der Waals surface area contributed by atoms with Crippen LogP contribution in [0.3, 0.4) is 0 Å². The van der Waals surface area contributed by atoms with Crippen molar-refractivity contribution < 1.29 is 43.5 Å². The van der Waals surface area contributed by atoms with E-state index in [1.165, 1.54) is 12.1 Å². The second-order valence-corrected chi connectivity index (χ2v) is 10.6. The predicted molar refractivity (Wildman–Crippen MR) is 158 cm³/mol. The second kappa shape index (κ2) is 18.0. The molecule has 1 aromatic heterocycles. The van der Waals surface area contributed by atoms with Crippen LogP contribution < -0.4 is 9.47 Å². The van der Waals surface area contributed by atoms with E-state index in [9.17, 15) is 19.4 Å². The van der Waals surface area contributed by atoms with Crippen molar-refractivity contribution in [3.63, 3.8) is 0 Å². The number of nitrogens with one attached hydrogen (secondary N) is 1. The number of rotatable bonds is 20. The summed E-state index contributed by atoms with van der Waals surface area (Å²) < 4.78 is 36.5. The predicted octanol–water partition coefficient (Wildman–Crippen LogP) is 5.57. The lowest BCUT2D eigenvalue weighted by molar-refractivity contribution is -0.136. The van der Waals surface area contributed by atoms with E-state index in [2.05, 4.69) is 10.2 Å². The quantitative estimate of drug-likeness (QED) is 0.0918. The summed E-state index contributed by atoms with van der Waals surface area (Å²) in [5, 5.41) is 35.3. The van der Waals surface area contributed by atoms with E-state index >= 15 is 0 Å². The number of aromatic nitrogens is 2. The Morgan fingerprint density at radius 3 is 2.37 bits per heavy atom. The van der Waals surface area contributed by atoms with Crippen LogP contribution in [-0.4, -0.2) is 64.5 Å². The third-order valence-electron chi connectivity index (χ3n) is 6.48. The molecule has 0 saturated carbocycles. The molecule has 0 amide bonds. The van der Waals surface area contributed by atoms with Gasteiger partial charge in [-0.1, -0.05) is 29.3 Å². The van der Waals surface area contributed by atoms with Gasteiger partial charge in [0.25, 0.3) is 0 Å². The number of aromatic amines is 1. The van der Waals surface area contributed by atoms with Crippen molar-refractivity contribution in [3.8, 4) is 11.5 Å². The van der Waals surface area contributed by atoms with Crippen LogP contribution in [0.15, 0.2) is 30.3 Å². The van der Waals surface area contributed by atoms with E-state index in [1.807, 2.05) is 6.92 Å². The van der Waals surface area contributed by atoms with Crippen LogP contribution in [0.4, 0.5) is 4.39 Å². The maximum atomic E-state index is 14.0. The molecule has 0 bridgehead atoms. The molecule has 1 heterocycles. The summed E-state index contributed by atoms with van der Waals surface area (Å²) in [6, 6.07) is 7.03. The van der Waals surface area contributed by atoms with Crippen molar-refractivity contribution in [2.75, 3.05) is 33.0 Å². The van der Waals surface area contributed by atoms with Crippen molar-refractivity contribution in [3.05, 3.63) is 74.3 Å². The molecule has 0 fully saturated rings. The number of nitrogens with zero attached hydrogens (tertiary/aromatic N) is 1. The topological polar surface area (TPSA) is 143 Å². The van der Waals surface area contributed by atoms with Crippen molar-refractivity contribution in [2.24, 2.45) is 0 Å². The number of halogens is 3. The molecule has 4 N–H and O–H groups in total. The number of carboxylic acid groups (broad SMARTS) is 1. The molecule has 2 aromatic carbocycles. The first-order valence-corrected chi connectivity index (χ1v) is 14.7. The molecular weight excluding hydrogens is 606 g/mol. The molecule has 236 valence electrons. The molecule has 0 unspecified atom stereocenters. The number of hydrogen-bond donors (Lipinski definition) is 4. The number of carboxylic acids is 1. The van der Waals surface area contributed by atoms with Gasteiger partial charge in [-0.05, 0) is 74.4 Å². The first kappa shape index (κ1) is 34.6. The highest BCUT2D eigenvalue weighted by Gasteiger charge is 2.13. The molecule has 10 nitrogen and oxygen atoms in total. The summed E-state index contributed by atoms with van der Waals surface area (Å²) in [4.78, 5) is 10.7. The zero-order chi connectivity index (χ0) is 31.2. The fourth-order valence-corrected chi connectivity index (χ4v) is 4.85. The van der Waals surface area contributed by atoms with Crippen LogP contribution in [0.1, 0.15) is 60.1 Å². The number of aryl methyl sites for hydroxylation is 2. The number of hydrogen-bond acceptors (Lipinski definition) is 8. The van der Waals surface area contributed by atoms with Gasteiger partial charge in [-0.15, -0.1) is 0 Å². The standard InChI is InChI=1S/C30H37Cl2FN2O8/c1-19-22(5-4-12-42-27-17-21(30(38)39)7-8-25(27)33)26(35-34-19)18-41-11-3-2-10-40-13-14-43-29-23(31)15-20(16-24(29)32)6-9-28(36)37/h7-8,15-17,30,38-39H,2-6,9-14,18H2,1H3,(H,34,35)(H,36,37). The van der Waals surface area contributed by atoms with E-state index in [4.69, 9.17) is 47.3 Å². The molecule has 0 aliphatic heterocycles. The average Bonchev–Trinajstić information content (AvgIpc) is 3.31. The summed E-state index contributed by atoms with van der Waals surface area (Å²) in [5.41, 5.74) is 3.67. The van der Waals surface area contributed by atoms with Crippen molar-refractivity contribution in [1.29, 1.82) is 0 Å². The lowest BCUT2D eigenvalue weighted by atomic mass is 10.1. The Morgan fingerprint density at radius 2 is 1.67 bits per heavy atom. The van der Waals surface area contributed by atoms with E-state index in [0.717, 1.165) is 41.4 Å². The van der Waals surface area contributed by atoms with E-state index in [-0.39, 0.29) is 30.9 Å². The number of H-pyrrole nitrogens is 1. The Balaban J connectivity index is 1.27. The number of aliphatic hydroxyl groups excluding tert-OH is 1. The molecule has 13 heteroatoms. The second-order valence-electron chi connectivity index (χ2n) is 9.78. The molecule has 3 rings (SSSR count). The van der Waals surface area contributed by atoms with Gasteiger partial charge in [-0.2, -0.15) is 5.10 Å². The number of unbranched alkanes of at least 4 members (excludes halogenated alkanes) is 1. The summed E-state index contributed by atoms with van der Waals surface area (Å²) in [6.45, 7) is 4.25. The minimum atomic E-state index is -1.69. The van der Waals surface area contributed by atoms with Gasteiger partial charge in [0.15, 0.2) is 23.6 Å². The molecule has 0 atom stereocenters. The van der Waals surface area contributed by atoms with Crippen LogP contribution in [0.25, 0.3) is 0 Å². The summed E-state index contributed by atoms with van der Waals surface area (Å²) in [5.74, 6) is -1.13. The minimum absolute atomic E-state index is 0.00648. The Bertz CT molecular complexity index is 1300. The minimum Gasteiger partial charge on any atom is -0.490 e. The first-order chi connectivity index (χ1) is 20.7. The van der Waals surface area contributed by atoms with Crippen molar-refractivity contribution in [2.45, 2.75) is 58.3 Å². The Labute approximate surface area is 259 Å². The number of aliphatic carboxylic acids is 1. The zero-order valence-electron chi connectivity index (χ0n) is 23.9. The average molecular weight is 644 g/mol. The van der Waals surface area contributed by atoms with Crippen LogP contribution >= 0.6 is 23.2 Å². The van der Waals surface area contributed by atoms with Gasteiger partial charge in [-0.3, -0.25) is 9.89 Å². The molecule has 3 aromatic rings. The maximum absolute atomic E-state index is 14.0. The fraction of sp³-hybridized carbons (Fsp3) is 0.467. The van der Waals surface area contributed by atoms with E-state index < -0.39 is 18.1 Å². The van der Waals surface area contributed by atoms with Gasteiger partial charge < -0.3 is 34.3 Å². The number of ether oxygens (including phenoxy) is 4. The molecule has 0 aliphatic rings. The third-order valence-corrected chi connectivity index (χ3v) is 7.04. The Kier molecular flexibility index (Phi) is 14.5. The van der Waals surface area contributed by atoms with Gasteiger partial charge >= 0.3 is 5.97 Å². The maximum Gasteiger partial charge on any atom is 0.303 e. The Hall–Kier alpha value is -2.93. The lowest BCUT2D eigenvalue weighted by Gasteiger charge is -2.12. The monoisotopic (exact) mass is 642 g/mol. The summed E-state index contributed by atoms with van der Waals surface area (Å²) >= 11 is 12.5. The summed E-state index contributed by atoms with van der Waals surface area (Å²) in [6.07, 6.45) is 1.51. The first-order valence-electron chi connectivity index (χ1n) is 13.9. The smallest absolute Gasteiger partial charge is 0.303 e. The third kappa shape index (κ3) is 11.6. The number of aliphatic hydroxyl groups is 2. The molecule has 0 radical (unpaired) electrons. The van der Waals surface area contributed by atoms with Crippen molar-refractivity contribution >= 4 is 29.2 Å².